The predicted octanol–water partition coefficient (Wildman–Crippen LogP) is 2.82. The van der Waals surface area contributed by atoms with Gasteiger partial charge in [0.15, 0.2) is 0 Å². The van der Waals surface area contributed by atoms with Gasteiger partial charge < -0.3 is 8.85 Å². The molecule has 0 spiro atoms. The van der Waals surface area contributed by atoms with Crippen molar-refractivity contribution in [2.24, 2.45) is 0 Å². The summed E-state index contributed by atoms with van der Waals surface area (Å²) >= 11 is 0. The molecule has 0 N–H and O–H groups in total. The van der Waals surface area contributed by atoms with E-state index >= 15 is 0 Å². The van der Waals surface area contributed by atoms with Crippen LogP contribution in [0.4, 0.5) is 0 Å². The Hall–Kier alpha value is -0.643. The molecule has 0 heterocycles. The van der Waals surface area contributed by atoms with Crippen molar-refractivity contribution >= 4 is 13.7 Å². The fourth-order valence-electron chi connectivity index (χ4n) is 1.54. The molecule has 90 valence electrons. The van der Waals surface area contributed by atoms with Crippen LogP contribution in [-0.4, -0.2) is 21.8 Å². The van der Waals surface area contributed by atoms with E-state index in [4.69, 9.17) is 8.85 Å². The van der Waals surface area contributed by atoms with Crippen molar-refractivity contribution in [3.63, 3.8) is 0 Å². The highest BCUT2D eigenvalue weighted by Gasteiger charge is 2.33. The minimum Gasteiger partial charge on any atom is -0.391 e. The average molecular weight is 238 g/mol. The van der Waals surface area contributed by atoms with Crippen molar-refractivity contribution in [1.29, 1.82) is 0 Å². The van der Waals surface area contributed by atoms with Gasteiger partial charge in [-0.2, -0.15) is 0 Å². The van der Waals surface area contributed by atoms with E-state index in [0.29, 0.717) is 0 Å². The molecule has 0 aliphatic rings. The molecule has 1 aromatic carbocycles. The lowest BCUT2D eigenvalue weighted by Crippen LogP contribution is -2.51. The van der Waals surface area contributed by atoms with Crippen LogP contribution < -0.4 is 5.19 Å². The minimum absolute atomic E-state index is 0.779. The van der Waals surface area contributed by atoms with Crippen molar-refractivity contribution in [3.8, 4) is 0 Å². The first-order valence-corrected chi connectivity index (χ1v) is 8.38. The SMILES string of the molecule is CCCO[Si](C)(OCCC)c1ccccc1. The summed E-state index contributed by atoms with van der Waals surface area (Å²) in [5.41, 5.74) is 0. The molecule has 0 unspecified atom stereocenters. The topological polar surface area (TPSA) is 18.5 Å². The van der Waals surface area contributed by atoms with Gasteiger partial charge in [0.05, 0.1) is 0 Å². The highest BCUT2D eigenvalue weighted by molar-refractivity contribution is 6.79. The van der Waals surface area contributed by atoms with Gasteiger partial charge in [-0.1, -0.05) is 44.2 Å². The fraction of sp³-hybridized carbons (Fsp3) is 0.538. The van der Waals surface area contributed by atoms with Crippen molar-refractivity contribution in [3.05, 3.63) is 30.3 Å². The van der Waals surface area contributed by atoms with Crippen LogP contribution >= 0.6 is 0 Å². The summed E-state index contributed by atoms with van der Waals surface area (Å²) in [6.45, 7) is 7.94. The Morgan fingerprint density at radius 1 is 0.938 bits per heavy atom. The van der Waals surface area contributed by atoms with Gasteiger partial charge >= 0.3 is 8.56 Å². The average Bonchev–Trinajstić information content (AvgIpc) is 2.35. The Bertz CT molecular complexity index is 279. The van der Waals surface area contributed by atoms with Gasteiger partial charge in [0.25, 0.3) is 0 Å². The zero-order chi connectivity index (χ0) is 11.9. The molecule has 2 nitrogen and oxygen atoms in total. The second kappa shape index (κ2) is 6.84. The molecular formula is C13H22O2Si. The standard InChI is InChI=1S/C13H22O2Si/c1-4-11-14-16(3,15-12-5-2)13-9-7-6-8-10-13/h6-10H,4-5,11-12H2,1-3H3. The van der Waals surface area contributed by atoms with E-state index in [1.54, 1.807) is 0 Å². The van der Waals surface area contributed by atoms with Gasteiger partial charge in [0.2, 0.25) is 0 Å². The Morgan fingerprint density at radius 2 is 1.44 bits per heavy atom. The quantitative estimate of drug-likeness (QED) is 0.680. The van der Waals surface area contributed by atoms with Crippen LogP contribution in [0, 0.1) is 0 Å². The molecule has 0 saturated heterocycles. The molecule has 3 heteroatoms. The first-order valence-electron chi connectivity index (χ1n) is 6.06. The summed E-state index contributed by atoms with van der Waals surface area (Å²) in [5, 5.41) is 1.22. The van der Waals surface area contributed by atoms with E-state index < -0.39 is 8.56 Å². The molecule has 0 radical (unpaired) electrons. The van der Waals surface area contributed by atoms with Gasteiger partial charge in [0, 0.05) is 13.2 Å². The summed E-state index contributed by atoms with van der Waals surface area (Å²) in [5.74, 6) is 0. The monoisotopic (exact) mass is 238 g/mol. The van der Waals surface area contributed by atoms with Crippen LogP contribution in [-0.2, 0) is 8.85 Å². The summed E-state index contributed by atoms with van der Waals surface area (Å²) in [6, 6.07) is 10.3. The molecule has 0 fully saturated rings. The lowest BCUT2D eigenvalue weighted by molar-refractivity contribution is 0.185. The molecular weight excluding hydrogens is 216 g/mol. The van der Waals surface area contributed by atoms with E-state index in [0.717, 1.165) is 26.1 Å². The zero-order valence-electron chi connectivity index (χ0n) is 10.5. The van der Waals surface area contributed by atoms with Crippen LogP contribution in [0.1, 0.15) is 26.7 Å². The predicted molar refractivity (Wildman–Crippen MR) is 70.2 cm³/mol. The summed E-state index contributed by atoms with van der Waals surface area (Å²) < 4.78 is 12.0. The molecule has 1 rings (SSSR count). The van der Waals surface area contributed by atoms with Crippen molar-refractivity contribution in [2.45, 2.75) is 33.2 Å². The molecule has 0 aliphatic carbocycles. The third kappa shape index (κ3) is 3.74. The number of rotatable bonds is 7. The van der Waals surface area contributed by atoms with E-state index in [1.807, 2.05) is 18.2 Å². The highest BCUT2D eigenvalue weighted by Crippen LogP contribution is 2.09. The summed E-state index contributed by atoms with van der Waals surface area (Å²) in [7, 11) is -2.17. The van der Waals surface area contributed by atoms with Crippen LogP contribution in [0.25, 0.3) is 0 Å². The molecule has 1 aromatic rings. The lowest BCUT2D eigenvalue weighted by Gasteiger charge is -2.27. The molecule has 16 heavy (non-hydrogen) atoms. The Labute approximate surface area is 99.8 Å². The normalized spacial score (nSPS) is 11.7. The Balaban J connectivity index is 2.77. The maximum Gasteiger partial charge on any atom is 0.369 e. The molecule has 0 amide bonds. The Kier molecular flexibility index (Phi) is 5.73. The number of hydrogen-bond acceptors (Lipinski definition) is 2. The third-order valence-corrected chi connectivity index (χ3v) is 5.35. The van der Waals surface area contributed by atoms with E-state index in [2.05, 4.69) is 32.5 Å². The van der Waals surface area contributed by atoms with Crippen molar-refractivity contribution in [1.82, 2.24) is 0 Å². The molecule has 0 aliphatic heterocycles. The van der Waals surface area contributed by atoms with Gasteiger partial charge in [-0.3, -0.25) is 0 Å². The fourth-order valence-corrected chi connectivity index (χ4v) is 3.94. The van der Waals surface area contributed by atoms with Crippen LogP contribution in [0.2, 0.25) is 6.55 Å². The highest BCUT2D eigenvalue weighted by atomic mass is 28.4. The maximum atomic E-state index is 5.98. The maximum absolute atomic E-state index is 5.98. The first-order chi connectivity index (χ1) is 7.73. The number of benzene rings is 1. The Morgan fingerprint density at radius 3 is 1.88 bits per heavy atom. The summed E-state index contributed by atoms with van der Waals surface area (Å²) in [6.07, 6.45) is 2.07. The van der Waals surface area contributed by atoms with E-state index in [-0.39, 0.29) is 0 Å². The van der Waals surface area contributed by atoms with Crippen LogP contribution in [0.5, 0.6) is 0 Å². The van der Waals surface area contributed by atoms with Crippen molar-refractivity contribution < 1.29 is 8.85 Å². The zero-order valence-corrected chi connectivity index (χ0v) is 11.5. The van der Waals surface area contributed by atoms with E-state index in [9.17, 15) is 0 Å². The second-order valence-corrected chi connectivity index (χ2v) is 7.05. The van der Waals surface area contributed by atoms with Gasteiger partial charge in [-0.15, -0.1) is 0 Å². The molecule has 0 atom stereocenters. The van der Waals surface area contributed by atoms with Crippen LogP contribution in [0.15, 0.2) is 30.3 Å². The minimum atomic E-state index is -2.17. The van der Waals surface area contributed by atoms with Crippen LogP contribution in [0.3, 0.4) is 0 Å². The number of hydrogen-bond donors (Lipinski definition) is 0. The molecule has 0 saturated carbocycles. The summed E-state index contributed by atoms with van der Waals surface area (Å²) in [4.78, 5) is 0. The van der Waals surface area contributed by atoms with Crippen molar-refractivity contribution in [2.75, 3.05) is 13.2 Å². The van der Waals surface area contributed by atoms with Gasteiger partial charge in [-0.25, -0.2) is 0 Å². The molecule has 0 aromatic heterocycles. The van der Waals surface area contributed by atoms with E-state index in [1.165, 1.54) is 5.19 Å². The van der Waals surface area contributed by atoms with Gasteiger partial charge in [-0.05, 0) is 24.6 Å². The third-order valence-electron chi connectivity index (χ3n) is 2.46. The van der Waals surface area contributed by atoms with Gasteiger partial charge in [0.1, 0.15) is 0 Å². The lowest BCUT2D eigenvalue weighted by atomic mass is 10.4. The smallest absolute Gasteiger partial charge is 0.369 e. The molecule has 0 bridgehead atoms. The first kappa shape index (κ1) is 13.4. The second-order valence-electron chi connectivity index (χ2n) is 4.01. The largest absolute Gasteiger partial charge is 0.391 e.